The number of ketones is 1. The minimum atomic E-state index is -0.437. The van der Waals surface area contributed by atoms with Gasteiger partial charge in [0.1, 0.15) is 5.78 Å². The number of fused-ring (bicyclic) bond motifs is 5. The first kappa shape index (κ1) is 17.1. The molecule has 4 rings (SSSR count). The molecule has 0 aromatic rings. The van der Waals surface area contributed by atoms with E-state index >= 15 is 0 Å². The second-order valence-corrected chi connectivity index (χ2v) is 10.6. The molecule has 1 N–H and O–H groups in total. The molecule has 4 fully saturated rings. The van der Waals surface area contributed by atoms with E-state index in [4.69, 9.17) is 0 Å². The fourth-order valence-electron chi connectivity index (χ4n) is 8.10. The average Bonchev–Trinajstić information content (AvgIpc) is 2.85. The molecule has 136 valence electrons. The molecule has 0 aromatic carbocycles. The van der Waals surface area contributed by atoms with Crippen molar-refractivity contribution in [2.45, 2.75) is 91.1 Å². The lowest BCUT2D eigenvalue weighted by atomic mass is 9.44. The van der Waals surface area contributed by atoms with Crippen LogP contribution in [-0.2, 0) is 4.79 Å². The summed E-state index contributed by atoms with van der Waals surface area (Å²) in [5, 5.41) is 10.6. The van der Waals surface area contributed by atoms with Gasteiger partial charge in [-0.05, 0) is 106 Å². The SMILES string of the molecule is CC(=O)[C@H]1CC[C@H]2[C@@H]3CC[C@@H]4C[C@](C)(O)CC[C@]4(C)[C@H]3CC[C@]12C. The van der Waals surface area contributed by atoms with Crippen LogP contribution in [0.15, 0.2) is 0 Å². The van der Waals surface area contributed by atoms with Crippen molar-refractivity contribution in [3.05, 3.63) is 0 Å². The van der Waals surface area contributed by atoms with Crippen molar-refractivity contribution in [2.75, 3.05) is 0 Å². The summed E-state index contributed by atoms with van der Waals surface area (Å²) in [6.07, 6.45) is 10.8. The monoisotopic (exact) mass is 332 g/mol. The maximum Gasteiger partial charge on any atom is 0.133 e. The van der Waals surface area contributed by atoms with E-state index in [-0.39, 0.29) is 5.41 Å². The van der Waals surface area contributed by atoms with Gasteiger partial charge in [0, 0.05) is 5.92 Å². The molecule has 0 radical (unpaired) electrons. The van der Waals surface area contributed by atoms with Crippen molar-refractivity contribution in [2.24, 2.45) is 40.4 Å². The van der Waals surface area contributed by atoms with Crippen LogP contribution in [0.5, 0.6) is 0 Å². The van der Waals surface area contributed by atoms with E-state index in [1.54, 1.807) is 0 Å². The van der Waals surface area contributed by atoms with Gasteiger partial charge in [-0.1, -0.05) is 13.8 Å². The number of carbonyl (C=O) groups excluding carboxylic acids is 1. The van der Waals surface area contributed by atoms with Crippen molar-refractivity contribution < 1.29 is 9.90 Å². The van der Waals surface area contributed by atoms with Gasteiger partial charge in [0.15, 0.2) is 0 Å². The molecule has 2 heteroatoms. The summed E-state index contributed by atoms with van der Waals surface area (Å²) in [4.78, 5) is 12.2. The Hall–Kier alpha value is -0.370. The van der Waals surface area contributed by atoms with Crippen molar-refractivity contribution in [3.8, 4) is 0 Å². The fraction of sp³-hybridized carbons (Fsp3) is 0.955. The Balaban J connectivity index is 1.61. The van der Waals surface area contributed by atoms with Crippen LogP contribution in [0.25, 0.3) is 0 Å². The molecule has 24 heavy (non-hydrogen) atoms. The zero-order valence-corrected chi connectivity index (χ0v) is 16.1. The smallest absolute Gasteiger partial charge is 0.133 e. The predicted octanol–water partition coefficient (Wildman–Crippen LogP) is 4.99. The predicted molar refractivity (Wildman–Crippen MR) is 96.5 cm³/mol. The molecule has 0 aromatic heterocycles. The van der Waals surface area contributed by atoms with Crippen LogP contribution in [0.1, 0.15) is 85.5 Å². The second kappa shape index (κ2) is 5.32. The number of hydrogen-bond acceptors (Lipinski definition) is 2. The first-order chi connectivity index (χ1) is 11.2. The van der Waals surface area contributed by atoms with Gasteiger partial charge in [-0.15, -0.1) is 0 Å². The summed E-state index contributed by atoms with van der Waals surface area (Å²) in [7, 11) is 0. The Morgan fingerprint density at radius 3 is 2.29 bits per heavy atom. The third kappa shape index (κ3) is 2.27. The highest BCUT2D eigenvalue weighted by Crippen LogP contribution is 2.68. The topological polar surface area (TPSA) is 37.3 Å². The first-order valence-electron chi connectivity index (χ1n) is 10.4. The minimum Gasteiger partial charge on any atom is -0.390 e. The lowest BCUT2D eigenvalue weighted by molar-refractivity contribution is -0.150. The van der Waals surface area contributed by atoms with Gasteiger partial charge < -0.3 is 5.11 Å². The Morgan fingerprint density at radius 2 is 1.58 bits per heavy atom. The van der Waals surface area contributed by atoms with Crippen molar-refractivity contribution >= 4 is 5.78 Å². The van der Waals surface area contributed by atoms with E-state index < -0.39 is 5.60 Å². The molecule has 0 unspecified atom stereocenters. The van der Waals surface area contributed by atoms with Crippen LogP contribution in [0.4, 0.5) is 0 Å². The summed E-state index contributed by atoms with van der Waals surface area (Å²) < 4.78 is 0. The van der Waals surface area contributed by atoms with E-state index in [0.29, 0.717) is 23.0 Å². The van der Waals surface area contributed by atoms with E-state index in [1.165, 1.54) is 38.5 Å². The number of aliphatic hydroxyl groups is 1. The summed E-state index contributed by atoms with van der Waals surface area (Å²) in [6, 6.07) is 0. The van der Waals surface area contributed by atoms with Crippen molar-refractivity contribution in [1.82, 2.24) is 0 Å². The number of Topliss-reactive ketones (excluding diaryl/α,β-unsaturated/α-hetero) is 1. The lowest BCUT2D eigenvalue weighted by Crippen LogP contribution is -2.55. The van der Waals surface area contributed by atoms with Gasteiger partial charge in [0.25, 0.3) is 0 Å². The highest BCUT2D eigenvalue weighted by Gasteiger charge is 2.61. The average molecular weight is 333 g/mol. The number of carbonyl (C=O) groups is 1. The highest BCUT2D eigenvalue weighted by molar-refractivity contribution is 5.79. The standard InChI is InChI=1S/C22H36O2/c1-14(23)17-7-8-18-16-6-5-15-13-20(2,24)11-12-21(15,3)19(16)9-10-22(17,18)4/h15-19,24H,5-13H2,1-4H3/t15-,16+,17-,18+,19+,20-,21+,22-/m1/s1. The zero-order chi connectivity index (χ0) is 17.3. The lowest BCUT2D eigenvalue weighted by Gasteiger charge is -2.61. The molecule has 0 spiro atoms. The number of hydrogen-bond donors (Lipinski definition) is 1. The maximum absolute atomic E-state index is 12.2. The third-order valence-corrected chi connectivity index (χ3v) is 9.44. The molecule has 8 atom stereocenters. The van der Waals surface area contributed by atoms with E-state index in [1.807, 2.05) is 13.8 Å². The second-order valence-electron chi connectivity index (χ2n) is 10.6. The Kier molecular flexibility index (Phi) is 3.78. The summed E-state index contributed by atoms with van der Waals surface area (Å²) >= 11 is 0. The molecule has 4 aliphatic carbocycles. The van der Waals surface area contributed by atoms with Crippen LogP contribution in [0.3, 0.4) is 0 Å². The molecule has 0 aliphatic heterocycles. The largest absolute Gasteiger partial charge is 0.390 e. The van der Waals surface area contributed by atoms with Gasteiger partial charge >= 0.3 is 0 Å². The zero-order valence-electron chi connectivity index (χ0n) is 16.1. The molecule has 0 amide bonds. The Labute approximate surface area is 147 Å². The molecule has 2 nitrogen and oxygen atoms in total. The minimum absolute atomic E-state index is 0.274. The van der Waals surface area contributed by atoms with Gasteiger partial charge in [0.2, 0.25) is 0 Å². The van der Waals surface area contributed by atoms with Gasteiger partial charge in [-0.2, -0.15) is 0 Å². The molecule has 0 bridgehead atoms. The van der Waals surface area contributed by atoms with Crippen LogP contribution in [-0.4, -0.2) is 16.5 Å². The quantitative estimate of drug-likeness (QED) is 0.735. The molecule has 4 saturated carbocycles. The van der Waals surface area contributed by atoms with Crippen LogP contribution in [0, 0.1) is 40.4 Å². The van der Waals surface area contributed by atoms with Crippen molar-refractivity contribution in [1.29, 1.82) is 0 Å². The molecule has 0 heterocycles. The molecular weight excluding hydrogens is 296 g/mol. The van der Waals surface area contributed by atoms with Gasteiger partial charge in [-0.3, -0.25) is 4.79 Å². The molecular formula is C22H36O2. The van der Waals surface area contributed by atoms with E-state index in [0.717, 1.165) is 37.0 Å². The third-order valence-electron chi connectivity index (χ3n) is 9.44. The number of rotatable bonds is 1. The van der Waals surface area contributed by atoms with Crippen LogP contribution < -0.4 is 0 Å². The Morgan fingerprint density at radius 1 is 0.875 bits per heavy atom. The van der Waals surface area contributed by atoms with Gasteiger partial charge in [0.05, 0.1) is 5.60 Å². The maximum atomic E-state index is 12.2. The molecule has 4 aliphatic rings. The highest BCUT2D eigenvalue weighted by atomic mass is 16.3. The molecule has 0 saturated heterocycles. The van der Waals surface area contributed by atoms with Crippen molar-refractivity contribution in [3.63, 3.8) is 0 Å². The normalized spacial score (nSPS) is 57.0. The fourth-order valence-corrected chi connectivity index (χ4v) is 8.10. The van der Waals surface area contributed by atoms with Crippen LogP contribution in [0.2, 0.25) is 0 Å². The summed E-state index contributed by atoms with van der Waals surface area (Å²) in [5.41, 5.74) is 0.268. The van der Waals surface area contributed by atoms with Crippen LogP contribution >= 0.6 is 0 Å². The summed E-state index contributed by atoms with van der Waals surface area (Å²) in [5.74, 6) is 3.89. The van der Waals surface area contributed by atoms with E-state index in [9.17, 15) is 9.90 Å². The Bertz CT molecular complexity index is 538. The van der Waals surface area contributed by atoms with E-state index in [2.05, 4.69) is 13.8 Å². The summed E-state index contributed by atoms with van der Waals surface area (Å²) in [6.45, 7) is 8.85. The van der Waals surface area contributed by atoms with Gasteiger partial charge in [-0.25, -0.2) is 0 Å². The first-order valence-corrected chi connectivity index (χ1v) is 10.4.